The average molecular weight is 323 g/mol. The molecule has 0 aromatic carbocycles. The Labute approximate surface area is 146 Å². The summed E-state index contributed by atoms with van der Waals surface area (Å²) in [7, 11) is 0. The summed E-state index contributed by atoms with van der Waals surface area (Å²) < 4.78 is 0. The van der Waals surface area contributed by atoms with E-state index in [-0.39, 0.29) is 0 Å². The number of rotatable bonds is 19. The molecule has 0 atom stereocenters. The lowest BCUT2D eigenvalue weighted by atomic mass is 10.1. The number of hydrogen-bond acceptors (Lipinski definition) is 1. The lowest BCUT2D eigenvalue weighted by Crippen LogP contribution is -1.82. The van der Waals surface area contributed by atoms with Crippen LogP contribution < -0.4 is 0 Å². The van der Waals surface area contributed by atoms with E-state index in [0.717, 1.165) is 19.1 Å². The van der Waals surface area contributed by atoms with E-state index in [2.05, 4.69) is 19.1 Å². The fraction of sp³-hybridized carbons (Fsp3) is 0.864. The highest BCUT2D eigenvalue weighted by atomic mass is 16.1. The van der Waals surface area contributed by atoms with Gasteiger partial charge in [-0.2, -0.15) is 0 Å². The van der Waals surface area contributed by atoms with Crippen molar-refractivity contribution < 1.29 is 4.79 Å². The smallest absolute Gasteiger partial charge is 0.119 e. The molecule has 0 N–H and O–H groups in total. The molecule has 0 fully saturated rings. The molecule has 0 spiro atoms. The van der Waals surface area contributed by atoms with E-state index < -0.39 is 0 Å². The summed E-state index contributed by atoms with van der Waals surface area (Å²) in [5, 5.41) is 0. The molecular formula is C22H42O. The van der Waals surface area contributed by atoms with Crippen molar-refractivity contribution in [3.63, 3.8) is 0 Å². The largest absolute Gasteiger partial charge is 0.303 e. The van der Waals surface area contributed by atoms with Gasteiger partial charge in [0.15, 0.2) is 0 Å². The van der Waals surface area contributed by atoms with E-state index in [1.165, 1.54) is 103 Å². The molecule has 1 nitrogen and oxygen atoms in total. The highest BCUT2D eigenvalue weighted by molar-refractivity contribution is 5.48. The van der Waals surface area contributed by atoms with Gasteiger partial charge >= 0.3 is 0 Å². The number of hydrogen-bond donors (Lipinski definition) is 0. The molecule has 0 unspecified atom stereocenters. The fourth-order valence-electron chi connectivity index (χ4n) is 3.01. The van der Waals surface area contributed by atoms with Crippen LogP contribution in [0, 0.1) is 0 Å². The van der Waals surface area contributed by atoms with E-state index in [1.807, 2.05) is 0 Å². The lowest BCUT2D eigenvalue weighted by Gasteiger charge is -2.01. The summed E-state index contributed by atoms with van der Waals surface area (Å²) in [6.07, 6.45) is 29.5. The molecule has 0 aliphatic heterocycles. The van der Waals surface area contributed by atoms with E-state index in [9.17, 15) is 4.79 Å². The lowest BCUT2D eigenvalue weighted by molar-refractivity contribution is -0.107. The van der Waals surface area contributed by atoms with Crippen molar-refractivity contribution in [1.82, 2.24) is 0 Å². The Kier molecular flexibility index (Phi) is 20.9. The summed E-state index contributed by atoms with van der Waals surface area (Å²) in [5.41, 5.74) is 0. The molecule has 0 aliphatic rings. The highest BCUT2D eigenvalue weighted by Crippen LogP contribution is 2.12. The monoisotopic (exact) mass is 322 g/mol. The van der Waals surface area contributed by atoms with Gasteiger partial charge in [0.25, 0.3) is 0 Å². The van der Waals surface area contributed by atoms with E-state index in [1.54, 1.807) is 0 Å². The SMILES string of the molecule is CCCCCCCC/C=C/CCCCCCCCCCCC=O. The molecule has 0 aliphatic carbocycles. The summed E-state index contributed by atoms with van der Waals surface area (Å²) in [6, 6.07) is 0. The maximum Gasteiger partial charge on any atom is 0.119 e. The van der Waals surface area contributed by atoms with Crippen molar-refractivity contribution in [2.24, 2.45) is 0 Å². The zero-order chi connectivity index (χ0) is 16.8. The highest BCUT2D eigenvalue weighted by Gasteiger charge is 1.92. The molecule has 0 amide bonds. The third-order valence-corrected chi connectivity index (χ3v) is 4.58. The van der Waals surface area contributed by atoms with Gasteiger partial charge in [-0.25, -0.2) is 0 Å². The summed E-state index contributed by atoms with van der Waals surface area (Å²) in [4.78, 5) is 10.2. The minimum Gasteiger partial charge on any atom is -0.303 e. The van der Waals surface area contributed by atoms with Crippen LogP contribution in [0.5, 0.6) is 0 Å². The van der Waals surface area contributed by atoms with Crippen molar-refractivity contribution >= 4 is 6.29 Å². The van der Waals surface area contributed by atoms with Gasteiger partial charge in [-0.3, -0.25) is 0 Å². The first-order chi connectivity index (χ1) is 11.4. The Morgan fingerprint density at radius 1 is 0.478 bits per heavy atom. The number of unbranched alkanes of at least 4 members (excludes halogenated alkanes) is 16. The van der Waals surface area contributed by atoms with Crippen molar-refractivity contribution in [2.45, 2.75) is 122 Å². The second-order valence-electron chi connectivity index (χ2n) is 6.95. The third kappa shape index (κ3) is 21.4. The third-order valence-electron chi connectivity index (χ3n) is 4.58. The van der Waals surface area contributed by atoms with Crippen LogP contribution >= 0.6 is 0 Å². The quantitative estimate of drug-likeness (QED) is 0.135. The van der Waals surface area contributed by atoms with Crippen LogP contribution in [0.3, 0.4) is 0 Å². The minimum atomic E-state index is 0.756. The van der Waals surface area contributed by atoms with Gasteiger partial charge < -0.3 is 4.79 Å². The molecule has 0 rings (SSSR count). The minimum absolute atomic E-state index is 0.756. The van der Waals surface area contributed by atoms with Crippen LogP contribution in [0.25, 0.3) is 0 Å². The van der Waals surface area contributed by atoms with Gasteiger partial charge in [0.1, 0.15) is 6.29 Å². The van der Waals surface area contributed by atoms with E-state index in [4.69, 9.17) is 0 Å². The Bertz CT molecular complexity index is 244. The van der Waals surface area contributed by atoms with Gasteiger partial charge in [0.2, 0.25) is 0 Å². The Morgan fingerprint density at radius 2 is 0.826 bits per heavy atom. The Balaban J connectivity index is 3.03. The maximum atomic E-state index is 10.2. The Hall–Kier alpha value is -0.590. The fourth-order valence-corrected chi connectivity index (χ4v) is 3.01. The van der Waals surface area contributed by atoms with Crippen LogP contribution in [-0.4, -0.2) is 6.29 Å². The first kappa shape index (κ1) is 22.4. The van der Waals surface area contributed by atoms with Gasteiger partial charge in [-0.05, 0) is 32.1 Å². The van der Waals surface area contributed by atoms with Crippen LogP contribution in [0.1, 0.15) is 122 Å². The van der Waals surface area contributed by atoms with Gasteiger partial charge in [-0.1, -0.05) is 96.1 Å². The molecule has 0 aromatic rings. The van der Waals surface area contributed by atoms with Crippen molar-refractivity contribution in [2.75, 3.05) is 0 Å². The van der Waals surface area contributed by atoms with Crippen LogP contribution in [0.15, 0.2) is 12.2 Å². The summed E-state index contributed by atoms with van der Waals surface area (Å²) in [5.74, 6) is 0. The van der Waals surface area contributed by atoms with Gasteiger partial charge in [0, 0.05) is 6.42 Å². The zero-order valence-electron chi connectivity index (χ0n) is 15.9. The predicted molar refractivity (Wildman–Crippen MR) is 104 cm³/mol. The summed E-state index contributed by atoms with van der Waals surface area (Å²) >= 11 is 0. The molecule has 23 heavy (non-hydrogen) atoms. The Morgan fingerprint density at radius 3 is 1.22 bits per heavy atom. The van der Waals surface area contributed by atoms with Crippen molar-refractivity contribution in [3.05, 3.63) is 12.2 Å². The first-order valence-electron chi connectivity index (χ1n) is 10.5. The molecule has 0 heterocycles. The average Bonchev–Trinajstić information content (AvgIpc) is 2.57. The first-order valence-corrected chi connectivity index (χ1v) is 10.5. The molecule has 136 valence electrons. The number of allylic oxidation sites excluding steroid dienone is 2. The summed E-state index contributed by atoms with van der Waals surface area (Å²) in [6.45, 7) is 2.28. The zero-order valence-corrected chi connectivity index (χ0v) is 15.9. The normalized spacial score (nSPS) is 11.3. The molecule has 0 saturated heterocycles. The maximum absolute atomic E-state index is 10.2. The van der Waals surface area contributed by atoms with Crippen LogP contribution in [0.4, 0.5) is 0 Å². The van der Waals surface area contributed by atoms with Gasteiger partial charge in [0.05, 0.1) is 0 Å². The van der Waals surface area contributed by atoms with Crippen LogP contribution in [-0.2, 0) is 4.79 Å². The van der Waals surface area contributed by atoms with E-state index >= 15 is 0 Å². The molecule has 0 aromatic heterocycles. The molecule has 0 saturated carbocycles. The molecule has 1 heteroatoms. The second kappa shape index (κ2) is 21.4. The van der Waals surface area contributed by atoms with E-state index in [0.29, 0.717) is 0 Å². The van der Waals surface area contributed by atoms with Crippen LogP contribution in [0.2, 0.25) is 0 Å². The molecular weight excluding hydrogens is 280 g/mol. The van der Waals surface area contributed by atoms with Crippen molar-refractivity contribution in [3.8, 4) is 0 Å². The topological polar surface area (TPSA) is 17.1 Å². The molecule has 0 bridgehead atoms. The molecule has 0 radical (unpaired) electrons. The number of carbonyl (C=O) groups is 1. The number of aldehydes is 1. The second-order valence-corrected chi connectivity index (χ2v) is 6.95. The predicted octanol–water partition coefficient (Wildman–Crippen LogP) is 7.78. The number of carbonyl (C=O) groups excluding carboxylic acids is 1. The van der Waals surface area contributed by atoms with Crippen molar-refractivity contribution in [1.29, 1.82) is 0 Å². The standard InChI is InChI=1S/C22H42O/c1-2-3-4-5-6-7-8-9-10-11-12-13-14-15-16-17-18-19-20-21-22-23/h9-10,22H,2-8,11-21H2,1H3/b10-9+. The van der Waals surface area contributed by atoms with Gasteiger partial charge in [-0.15, -0.1) is 0 Å².